The van der Waals surface area contributed by atoms with Crippen LogP contribution in [0.1, 0.15) is 80.1 Å². The lowest BCUT2D eigenvalue weighted by molar-refractivity contribution is -0.295. The second kappa shape index (κ2) is 15.0. The lowest BCUT2D eigenvalue weighted by Gasteiger charge is -2.47. The monoisotopic (exact) mass is 637 g/mol. The van der Waals surface area contributed by atoms with Crippen molar-refractivity contribution in [2.45, 2.75) is 122 Å². The molecule has 0 bridgehead atoms. The first-order valence-electron chi connectivity index (χ1n) is 17.4. The number of hydrogen-bond donors (Lipinski definition) is 1. The van der Waals surface area contributed by atoms with Crippen molar-refractivity contribution in [3.63, 3.8) is 0 Å². The number of aliphatic hydroxyl groups is 1. The van der Waals surface area contributed by atoms with E-state index in [4.69, 9.17) is 18.9 Å². The molecule has 0 aromatic carbocycles. The minimum atomic E-state index is -1.39. The van der Waals surface area contributed by atoms with E-state index in [9.17, 15) is 14.7 Å². The van der Waals surface area contributed by atoms with Gasteiger partial charge in [0.25, 0.3) is 0 Å². The molecule has 10 heteroatoms. The first-order chi connectivity index (χ1) is 21.1. The second-order valence-electron chi connectivity index (χ2n) is 15.9. The molecule has 0 amide bonds. The number of likely N-dealkylation sites (tertiary alicyclic amines) is 1. The van der Waals surface area contributed by atoms with Crippen molar-refractivity contribution in [2.75, 3.05) is 61.0 Å². The quantitative estimate of drug-likeness (QED) is 0.330. The number of carbonyl (C=O) groups excluding carboxylic acids is 2. The van der Waals surface area contributed by atoms with Crippen molar-refractivity contribution in [1.82, 2.24) is 14.7 Å². The molecule has 1 aliphatic carbocycles. The molecule has 0 aromatic heterocycles. The van der Waals surface area contributed by atoms with Crippen LogP contribution in [-0.4, -0.2) is 135 Å². The molecular weight excluding hydrogens is 574 g/mol. The summed E-state index contributed by atoms with van der Waals surface area (Å²) in [5.41, 5.74) is -2.29. The molecule has 1 N–H and O–H groups in total. The largest absolute Gasteiger partial charge is 0.463 e. The van der Waals surface area contributed by atoms with Crippen molar-refractivity contribution < 1.29 is 33.6 Å². The minimum Gasteiger partial charge on any atom is -0.463 e. The molecular formula is C35H63N3O7. The van der Waals surface area contributed by atoms with Crippen LogP contribution in [-0.2, 0) is 28.5 Å². The standard InChI is InChI=1S/C35H63N3O7/c1-22-18-35(6,42-10)31(45-32-29(39)27(36(7)8)17-23(2)44-32)24(3)30(40)34(4,5)33(41)43-21-28(37(9)19-22)26-13-15-38(16-14-26)20-25-11-12-25/h22-29,31-32,39H,11-21H2,1-10H3/t22-,23-,24+,27+,28?,29-,31-,32+,35-/m1/s1. The molecule has 3 heterocycles. The molecule has 0 aromatic rings. The average Bonchev–Trinajstić information content (AvgIpc) is 3.80. The Morgan fingerprint density at radius 1 is 1.04 bits per heavy atom. The smallest absolute Gasteiger partial charge is 0.319 e. The molecule has 0 radical (unpaired) electrons. The zero-order chi connectivity index (χ0) is 33.3. The maximum Gasteiger partial charge on any atom is 0.319 e. The Morgan fingerprint density at radius 2 is 1.69 bits per heavy atom. The number of piperidine rings is 1. The van der Waals surface area contributed by atoms with Crippen LogP contribution in [0.25, 0.3) is 0 Å². The number of ether oxygens (including phenoxy) is 4. The van der Waals surface area contributed by atoms with Crippen LogP contribution in [0.5, 0.6) is 0 Å². The fourth-order valence-corrected chi connectivity index (χ4v) is 8.25. The number of hydrogen-bond acceptors (Lipinski definition) is 10. The maximum atomic E-state index is 14.2. The van der Waals surface area contributed by atoms with Crippen LogP contribution in [0.2, 0.25) is 0 Å². The molecule has 4 aliphatic rings. The van der Waals surface area contributed by atoms with Crippen molar-refractivity contribution in [1.29, 1.82) is 0 Å². The highest BCUT2D eigenvalue weighted by Gasteiger charge is 2.51. The predicted octanol–water partition coefficient (Wildman–Crippen LogP) is 3.44. The van der Waals surface area contributed by atoms with Gasteiger partial charge in [0.15, 0.2) is 12.1 Å². The Kier molecular flexibility index (Phi) is 12.2. The van der Waals surface area contributed by atoms with Crippen molar-refractivity contribution >= 4 is 11.8 Å². The Labute approximate surface area is 272 Å². The van der Waals surface area contributed by atoms with Gasteiger partial charge in [0.05, 0.1) is 17.8 Å². The molecule has 45 heavy (non-hydrogen) atoms. The van der Waals surface area contributed by atoms with Crippen molar-refractivity contribution in [3.05, 3.63) is 0 Å². The number of carbonyl (C=O) groups is 2. The molecule has 9 atom stereocenters. The Balaban J connectivity index is 1.60. The molecule has 3 saturated heterocycles. The first-order valence-corrected chi connectivity index (χ1v) is 17.4. The predicted molar refractivity (Wildman–Crippen MR) is 174 cm³/mol. The van der Waals surface area contributed by atoms with Gasteiger partial charge in [-0.3, -0.25) is 14.5 Å². The van der Waals surface area contributed by atoms with E-state index < -0.39 is 41.4 Å². The SMILES string of the molecule is CO[C@]1(C)C[C@@H](C)CN(C)C(C2CCN(CC3CC3)CC2)COC(=O)C(C)(C)C(=O)[C@H](C)[C@H]1O[C@@H]1O[C@H](C)C[C@H](N(C)C)[C@H]1O. The van der Waals surface area contributed by atoms with Gasteiger partial charge >= 0.3 is 5.97 Å². The highest BCUT2D eigenvalue weighted by Crippen LogP contribution is 2.39. The fourth-order valence-electron chi connectivity index (χ4n) is 8.25. The van der Waals surface area contributed by atoms with Crippen LogP contribution in [0.4, 0.5) is 0 Å². The summed E-state index contributed by atoms with van der Waals surface area (Å²) >= 11 is 0. The Hall–Kier alpha value is -1.14. The van der Waals surface area contributed by atoms with Gasteiger partial charge in [-0.2, -0.15) is 0 Å². The molecule has 10 nitrogen and oxygen atoms in total. The highest BCUT2D eigenvalue weighted by atomic mass is 16.7. The van der Waals surface area contributed by atoms with Crippen LogP contribution in [0, 0.1) is 29.1 Å². The van der Waals surface area contributed by atoms with E-state index in [0.29, 0.717) is 18.8 Å². The summed E-state index contributed by atoms with van der Waals surface area (Å²) in [6.07, 6.45) is 3.38. The third-order valence-electron chi connectivity index (χ3n) is 11.3. The third kappa shape index (κ3) is 8.67. The summed E-state index contributed by atoms with van der Waals surface area (Å²) in [7, 11) is 7.66. The van der Waals surface area contributed by atoms with Gasteiger partial charge in [0, 0.05) is 38.2 Å². The number of nitrogens with zero attached hydrogens (tertiary/aromatic N) is 3. The van der Waals surface area contributed by atoms with Crippen LogP contribution < -0.4 is 0 Å². The number of Topliss-reactive ketones (excluding diaryl/α,β-unsaturated/α-hetero) is 1. The van der Waals surface area contributed by atoms with E-state index in [2.05, 4.69) is 23.8 Å². The lowest BCUT2D eigenvalue weighted by atomic mass is 9.74. The number of ketones is 1. The molecule has 1 unspecified atom stereocenters. The Bertz CT molecular complexity index is 998. The van der Waals surface area contributed by atoms with E-state index >= 15 is 0 Å². The van der Waals surface area contributed by atoms with E-state index in [-0.39, 0.29) is 36.5 Å². The maximum absolute atomic E-state index is 14.2. The lowest BCUT2D eigenvalue weighted by Crippen LogP contribution is -2.59. The number of rotatable bonds is 7. The molecule has 0 spiro atoms. The summed E-state index contributed by atoms with van der Waals surface area (Å²) < 4.78 is 25.1. The van der Waals surface area contributed by atoms with Crippen molar-refractivity contribution in [2.24, 2.45) is 29.1 Å². The summed E-state index contributed by atoms with van der Waals surface area (Å²) in [4.78, 5) is 34.9. The van der Waals surface area contributed by atoms with E-state index in [1.165, 1.54) is 19.4 Å². The highest BCUT2D eigenvalue weighted by molar-refractivity contribution is 6.04. The summed E-state index contributed by atoms with van der Waals surface area (Å²) in [6, 6.07) is -0.0931. The second-order valence-corrected chi connectivity index (χ2v) is 15.9. The average molecular weight is 638 g/mol. The number of aliphatic hydroxyl groups excluding tert-OH is 1. The van der Waals surface area contributed by atoms with Gasteiger partial charge in [-0.05, 0) is 118 Å². The van der Waals surface area contributed by atoms with Crippen LogP contribution >= 0.6 is 0 Å². The summed E-state index contributed by atoms with van der Waals surface area (Å²) in [6.45, 7) is 15.7. The third-order valence-corrected chi connectivity index (χ3v) is 11.3. The molecule has 3 aliphatic heterocycles. The molecule has 4 fully saturated rings. The normalized spacial score (nSPS) is 40.4. The Morgan fingerprint density at radius 3 is 2.27 bits per heavy atom. The number of methoxy groups -OCH3 is 1. The summed E-state index contributed by atoms with van der Waals surface area (Å²) in [5.74, 6) is -0.0405. The first kappa shape index (κ1) is 36.7. The molecule has 260 valence electrons. The van der Waals surface area contributed by atoms with E-state index in [1.54, 1.807) is 27.9 Å². The minimum absolute atomic E-state index is 0.0691. The molecule has 1 saturated carbocycles. The fraction of sp³-hybridized carbons (Fsp3) is 0.943. The number of cyclic esters (lactones) is 1. The van der Waals surface area contributed by atoms with Crippen LogP contribution in [0.3, 0.4) is 0 Å². The van der Waals surface area contributed by atoms with Crippen molar-refractivity contribution in [3.8, 4) is 0 Å². The van der Waals surface area contributed by atoms with E-state index in [0.717, 1.165) is 38.4 Å². The van der Waals surface area contributed by atoms with Gasteiger partial charge in [-0.1, -0.05) is 13.8 Å². The zero-order valence-corrected chi connectivity index (χ0v) is 29.8. The van der Waals surface area contributed by atoms with Gasteiger partial charge in [0.1, 0.15) is 18.1 Å². The van der Waals surface area contributed by atoms with Gasteiger partial charge in [-0.25, -0.2) is 0 Å². The topological polar surface area (TPSA) is 101 Å². The zero-order valence-electron chi connectivity index (χ0n) is 29.8. The summed E-state index contributed by atoms with van der Waals surface area (Å²) in [5, 5.41) is 11.3. The van der Waals surface area contributed by atoms with Gasteiger partial charge in [-0.15, -0.1) is 0 Å². The van der Waals surface area contributed by atoms with Gasteiger partial charge in [0.2, 0.25) is 0 Å². The number of likely N-dealkylation sites (N-methyl/N-ethyl adjacent to an activating group) is 2. The van der Waals surface area contributed by atoms with E-state index in [1.807, 2.05) is 32.8 Å². The van der Waals surface area contributed by atoms with Gasteiger partial charge < -0.3 is 33.9 Å². The molecule has 4 rings (SSSR count). The van der Waals surface area contributed by atoms with Crippen LogP contribution in [0.15, 0.2) is 0 Å². The number of esters is 1.